The molecule has 0 N–H and O–H groups in total. The van der Waals surface area contributed by atoms with Gasteiger partial charge in [0.25, 0.3) is 5.91 Å². The second kappa shape index (κ2) is 6.40. The van der Waals surface area contributed by atoms with E-state index in [9.17, 15) is 4.79 Å². The molecule has 3 aliphatic rings. The minimum absolute atomic E-state index is 0.123. The summed E-state index contributed by atoms with van der Waals surface area (Å²) >= 11 is 0. The van der Waals surface area contributed by atoms with Crippen LogP contribution in [0.2, 0.25) is 0 Å². The minimum atomic E-state index is -0.462. The van der Waals surface area contributed by atoms with E-state index in [-0.39, 0.29) is 12.0 Å². The van der Waals surface area contributed by atoms with Crippen LogP contribution in [-0.4, -0.2) is 52.2 Å². The highest BCUT2D eigenvalue weighted by molar-refractivity contribution is 5.95. The van der Waals surface area contributed by atoms with E-state index in [0.29, 0.717) is 31.7 Å². The Morgan fingerprint density at radius 3 is 2.68 bits per heavy atom. The third-order valence-corrected chi connectivity index (χ3v) is 5.85. The molecule has 0 bridgehead atoms. The van der Waals surface area contributed by atoms with Gasteiger partial charge in [0, 0.05) is 37.9 Å². The summed E-state index contributed by atoms with van der Waals surface area (Å²) in [5.74, 6) is 0.169. The topological polar surface area (TPSA) is 56.6 Å². The van der Waals surface area contributed by atoms with Gasteiger partial charge in [0.05, 0.1) is 30.2 Å². The van der Waals surface area contributed by atoms with Crippen molar-refractivity contribution in [3.63, 3.8) is 0 Å². The number of rotatable bonds is 4. The summed E-state index contributed by atoms with van der Waals surface area (Å²) in [6, 6.07) is 0.337. The fourth-order valence-corrected chi connectivity index (χ4v) is 4.01. The fourth-order valence-electron chi connectivity index (χ4n) is 4.01. The summed E-state index contributed by atoms with van der Waals surface area (Å²) in [5.41, 5.74) is 1.96. The summed E-state index contributed by atoms with van der Waals surface area (Å²) < 4.78 is 13.9. The van der Waals surface area contributed by atoms with Crippen LogP contribution in [0.4, 0.5) is 0 Å². The smallest absolute Gasteiger partial charge is 0.257 e. The molecule has 1 amide bonds. The van der Waals surface area contributed by atoms with Crippen molar-refractivity contribution >= 4 is 5.91 Å². The van der Waals surface area contributed by atoms with Gasteiger partial charge in [0.2, 0.25) is 0 Å². The largest absolute Gasteiger partial charge is 0.347 e. The monoisotopic (exact) mass is 347 g/mol. The number of likely N-dealkylation sites (tertiary alicyclic amines) is 1. The Kier molecular flexibility index (Phi) is 4.36. The van der Waals surface area contributed by atoms with Crippen LogP contribution in [0.5, 0.6) is 0 Å². The minimum Gasteiger partial charge on any atom is -0.347 e. The number of amides is 1. The molecule has 1 saturated carbocycles. The van der Waals surface area contributed by atoms with Gasteiger partial charge in [-0.2, -0.15) is 5.10 Å². The van der Waals surface area contributed by atoms with Crippen molar-refractivity contribution in [3.05, 3.63) is 17.5 Å². The lowest BCUT2D eigenvalue weighted by Gasteiger charge is -2.37. The van der Waals surface area contributed by atoms with E-state index in [0.717, 1.165) is 30.5 Å². The molecule has 25 heavy (non-hydrogen) atoms. The van der Waals surface area contributed by atoms with Gasteiger partial charge in [-0.3, -0.25) is 9.48 Å². The Bertz CT molecular complexity index is 644. The molecule has 1 aliphatic carbocycles. The molecule has 6 nitrogen and oxygen atoms in total. The fraction of sp³-hybridized carbons (Fsp3) is 0.789. The molecule has 0 radical (unpaired) electrons. The zero-order chi connectivity index (χ0) is 17.6. The van der Waals surface area contributed by atoms with Gasteiger partial charge in [-0.05, 0) is 33.1 Å². The summed E-state index contributed by atoms with van der Waals surface area (Å²) in [6.45, 7) is 8.40. The average Bonchev–Trinajstić information content (AvgIpc) is 3.27. The predicted octanol–water partition coefficient (Wildman–Crippen LogP) is 3.10. The number of piperidine rings is 1. The highest BCUT2D eigenvalue weighted by atomic mass is 16.7. The van der Waals surface area contributed by atoms with Gasteiger partial charge in [-0.1, -0.05) is 6.92 Å². The zero-order valence-corrected chi connectivity index (χ0v) is 15.5. The second-order valence-electron chi connectivity index (χ2n) is 7.86. The highest BCUT2D eigenvalue weighted by Crippen LogP contribution is 2.43. The predicted molar refractivity (Wildman–Crippen MR) is 93.6 cm³/mol. The van der Waals surface area contributed by atoms with E-state index in [1.165, 1.54) is 12.8 Å². The van der Waals surface area contributed by atoms with E-state index in [1.807, 2.05) is 11.8 Å². The first-order valence-corrected chi connectivity index (χ1v) is 9.71. The van der Waals surface area contributed by atoms with Gasteiger partial charge < -0.3 is 14.4 Å². The first-order chi connectivity index (χ1) is 12.0. The Morgan fingerprint density at radius 2 is 2.12 bits per heavy atom. The first kappa shape index (κ1) is 17.0. The molecule has 4 rings (SSSR count). The molecule has 1 aromatic rings. The summed E-state index contributed by atoms with van der Waals surface area (Å²) in [7, 11) is 0. The number of hydrogen-bond donors (Lipinski definition) is 0. The third-order valence-electron chi connectivity index (χ3n) is 5.85. The molecule has 0 aromatic carbocycles. The third kappa shape index (κ3) is 3.10. The Morgan fingerprint density at radius 1 is 1.40 bits per heavy atom. The van der Waals surface area contributed by atoms with E-state index >= 15 is 0 Å². The average molecular weight is 347 g/mol. The standard InChI is InChI=1S/C19H29N3O3/c1-4-13(2)22-17(15-5-6-15)16(11-20-22)18(23)21-9-7-19(8-10-21)24-12-14(3)25-19/h11,13-15H,4-10,12H2,1-3H3. The zero-order valence-electron chi connectivity index (χ0n) is 15.5. The second-order valence-corrected chi connectivity index (χ2v) is 7.86. The van der Waals surface area contributed by atoms with Gasteiger partial charge in [0.15, 0.2) is 5.79 Å². The van der Waals surface area contributed by atoms with Gasteiger partial charge in [0.1, 0.15) is 0 Å². The lowest BCUT2D eigenvalue weighted by Crippen LogP contribution is -2.47. The van der Waals surface area contributed by atoms with E-state index in [4.69, 9.17) is 9.47 Å². The molecule has 2 atom stereocenters. The van der Waals surface area contributed by atoms with Crippen LogP contribution >= 0.6 is 0 Å². The normalized spacial score (nSPS) is 27.0. The van der Waals surface area contributed by atoms with Crippen molar-refractivity contribution < 1.29 is 14.3 Å². The van der Waals surface area contributed by atoms with Gasteiger partial charge in [-0.25, -0.2) is 0 Å². The molecule has 1 spiro atoms. The van der Waals surface area contributed by atoms with E-state index in [2.05, 4.69) is 23.6 Å². The molecule has 2 saturated heterocycles. The van der Waals surface area contributed by atoms with Gasteiger partial charge >= 0.3 is 0 Å². The summed E-state index contributed by atoms with van der Waals surface area (Å²) in [4.78, 5) is 15.1. The van der Waals surface area contributed by atoms with Crippen molar-refractivity contribution in [2.24, 2.45) is 0 Å². The van der Waals surface area contributed by atoms with Crippen LogP contribution < -0.4 is 0 Å². The number of nitrogens with zero attached hydrogens (tertiary/aromatic N) is 3. The summed E-state index contributed by atoms with van der Waals surface area (Å²) in [6.07, 6.45) is 6.81. The summed E-state index contributed by atoms with van der Waals surface area (Å²) in [5, 5.41) is 4.56. The van der Waals surface area contributed by atoms with E-state index in [1.54, 1.807) is 6.20 Å². The van der Waals surface area contributed by atoms with Crippen LogP contribution in [0.25, 0.3) is 0 Å². The van der Waals surface area contributed by atoms with Crippen LogP contribution in [0, 0.1) is 0 Å². The lowest BCUT2D eigenvalue weighted by atomic mass is 10.0. The number of carbonyl (C=O) groups is 1. The molecule has 2 unspecified atom stereocenters. The maximum atomic E-state index is 13.1. The molecule has 3 fully saturated rings. The number of aromatic nitrogens is 2. The van der Waals surface area contributed by atoms with Crippen molar-refractivity contribution in [3.8, 4) is 0 Å². The van der Waals surface area contributed by atoms with Crippen LogP contribution in [0.15, 0.2) is 6.20 Å². The Labute approximate surface area is 149 Å². The van der Waals surface area contributed by atoms with Crippen molar-refractivity contribution in [2.75, 3.05) is 19.7 Å². The Hall–Kier alpha value is -1.40. The molecule has 2 aliphatic heterocycles. The molecule has 138 valence electrons. The highest BCUT2D eigenvalue weighted by Gasteiger charge is 2.44. The molecular formula is C19H29N3O3. The first-order valence-electron chi connectivity index (χ1n) is 9.71. The number of carbonyl (C=O) groups excluding carboxylic acids is 1. The van der Waals surface area contributed by atoms with Gasteiger partial charge in [-0.15, -0.1) is 0 Å². The van der Waals surface area contributed by atoms with Crippen LogP contribution in [-0.2, 0) is 9.47 Å². The maximum Gasteiger partial charge on any atom is 0.257 e. The quantitative estimate of drug-likeness (QED) is 0.840. The molecule has 3 heterocycles. The number of hydrogen-bond acceptors (Lipinski definition) is 4. The lowest BCUT2D eigenvalue weighted by molar-refractivity contribution is -0.189. The number of ether oxygens (including phenoxy) is 2. The molecule has 6 heteroatoms. The Balaban J connectivity index is 1.49. The van der Waals surface area contributed by atoms with Crippen molar-refractivity contribution in [1.82, 2.24) is 14.7 Å². The van der Waals surface area contributed by atoms with Crippen molar-refractivity contribution in [1.29, 1.82) is 0 Å². The van der Waals surface area contributed by atoms with Crippen LogP contribution in [0.3, 0.4) is 0 Å². The van der Waals surface area contributed by atoms with Crippen LogP contribution in [0.1, 0.15) is 80.9 Å². The molecule has 1 aromatic heterocycles. The van der Waals surface area contributed by atoms with E-state index < -0.39 is 5.79 Å². The maximum absolute atomic E-state index is 13.1. The van der Waals surface area contributed by atoms with Crippen molar-refractivity contribution in [2.45, 2.75) is 76.7 Å². The SMILES string of the molecule is CCC(C)n1ncc(C(=O)N2CCC3(CC2)OCC(C)O3)c1C1CC1. The molecular weight excluding hydrogens is 318 g/mol.